The van der Waals surface area contributed by atoms with Gasteiger partial charge in [0.25, 0.3) is 5.91 Å². The Bertz CT molecular complexity index is 1010. The van der Waals surface area contributed by atoms with Gasteiger partial charge in [-0.1, -0.05) is 32.4 Å². The standard InChI is InChI=1S/C26H38FN3O5/c1-14-9-19(32)26(27)23(3)8-6-17(29-30-21(34)12-28)11-16(23)5-7-24(26,4)18-10-15(2)25(35,22(14)18)20(33)13-31/h6,8,11,14-15,18-19,22,31-32,35H,5,7,9-10,12-13,28H2,1-4H3,(H,30,34)/b29-17+/t14-,15-,18-,19+,22?,23+,24?,25+,26+/m1/s1. The van der Waals surface area contributed by atoms with Crippen LogP contribution in [0.4, 0.5) is 4.39 Å². The van der Waals surface area contributed by atoms with E-state index in [4.69, 9.17) is 5.73 Å². The fraction of sp³-hybridized carbons (Fsp3) is 0.731. The number of carbonyl (C=O) groups is 2. The molecule has 8 nitrogen and oxygen atoms in total. The van der Waals surface area contributed by atoms with Crippen LogP contribution in [0.1, 0.15) is 53.4 Å². The smallest absolute Gasteiger partial charge is 0.253 e. The zero-order chi connectivity index (χ0) is 26.0. The number of ketones is 1. The van der Waals surface area contributed by atoms with E-state index in [1.165, 1.54) is 0 Å². The van der Waals surface area contributed by atoms with Crippen molar-refractivity contribution in [3.05, 3.63) is 23.8 Å². The number of nitrogens with one attached hydrogen (secondary N) is 1. The molecule has 6 N–H and O–H groups in total. The van der Waals surface area contributed by atoms with Crippen LogP contribution in [-0.4, -0.2) is 63.2 Å². The number of Topliss-reactive ketones (excluding diaryl/α,β-unsaturated/α-hetero) is 1. The molecule has 194 valence electrons. The minimum atomic E-state index is -2.08. The number of hydrogen-bond acceptors (Lipinski definition) is 7. The maximum Gasteiger partial charge on any atom is 0.253 e. The van der Waals surface area contributed by atoms with E-state index in [0.717, 1.165) is 5.57 Å². The highest BCUT2D eigenvalue weighted by Crippen LogP contribution is 2.71. The second-order valence-corrected chi connectivity index (χ2v) is 11.5. The van der Waals surface area contributed by atoms with Gasteiger partial charge >= 0.3 is 0 Å². The van der Waals surface area contributed by atoms with Crippen LogP contribution in [0, 0.1) is 34.5 Å². The second-order valence-electron chi connectivity index (χ2n) is 11.5. The maximum atomic E-state index is 17.9. The fourth-order valence-electron chi connectivity index (χ4n) is 8.09. The van der Waals surface area contributed by atoms with Gasteiger partial charge in [0.05, 0.1) is 18.4 Å². The zero-order valence-electron chi connectivity index (χ0n) is 20.9. The normalized spacial score (nSPS) is 47.9. The Morgan fingerprint density at radius 3 is 2.60 bits per heavy atom. The third-order valence-corrected chi connectivity index (χ3v) is 9.95. The first kappa shape index (κ1) is 26.1. The van der Waals surface area contributed by atoms with Gasteiger partial charge in [0.1, 0.15) is 12.2 Å². The van der Waals surface area contributed by atoms with Gasteiger partial charge < -0.3 is 21.1 Å². The lowest BCUT2D eigenvalue weighted by Crippen LogP contribution is -2.65. The summed E-state index contributed by atoms with van der Waals surface area (Å²) in [7, 11) is 0. The quantitative estimate of drug-likeness (QED) is 0.376. The topological polar surface area (TPSA) is 145 Å². The maximum absolute atomic E-state index is 17.9. The average Bonchev–Trinajstić information content (AvgIpc) is 3.08. The molecule has 4 aliphatic rings. The molecule has 4 aliphatic carbocycles. The second kappa shape index (κ2) is 8.57. The first-order valence-electron chi connectivity index (χ1n) is 12.5. The third-order valence-electron chi connectivity index (χ3n) is 9.95. The van der Waals surface area contributed by atoms with Crippen molar-refractivity contribution in [1.82, 2.24) is 5.43 Å². The number of fused-ring (bicyclic) bond motifs is 5. The lowest BCUT2D eigenvalue weighted by atomic mass is 9.46. The Kier molecular flexibility index (Phi) is 6.40. The van der Waals surface area contributed by atoms with E-state index in [0.29, 0.717) is 25.0 Å². The summed E-state index contributed by atoms with van der Waals surface area (Å²) in [6, 6.07) is 0. The molecular formula is C26H38FN3O5. The van der Waals surface area contributed by atoms with Crippen molar-refractivity contribution in [1.29, 1.82) is 0 Å². The number of amides is 1. The Balaban J connectivity index is 1.81. The molecule has 0 radical (unpaired) electrons. The van der Waals surface area contributed by atoms with Crippen LogP contribution in [-0.2, 0) is 9.59 Å². The molecule has 35 heavy (non-hydrogen) atoms. The highest BCUT2D eigenvalue weighted by atomic mass is 19.1. The molecular weight excluding hydrogens is 453 g/mol. The number of hydrogen-bond donors (Lipinski definition) is 5. The summed E-state index contributed by atoms with van der Waals surface area (Å²) in [5.74, 6) is -2.76. The summed E-state index contributed by atoms with van der Waals surface area (Å²) in [6.45, 7) is 6.33. The van der Waals surface area contributed by atoms with E-state index in [-0.39, 0.29) is 24.8 Å². The Hall–Kier alpha value is -1.94. The summed E-state index contributed by atoms with van der Waals surface area (Å²) in [6.07, 6.45) is 5.29. The number of aliphatic hydroxyl groups is 3. The van der Waals surface area contributed by atoms with Gasteiger partial charge in [0.15, 0.2) is 11.5 Å². The third kappa shape index (κ3) is 3.35. The van der Waals surface area contributed by atoms with Crippen molar-refractivity contribution in [3.8, 4) is 0 Å². The molecule has 0 saturated heterocycles. The Labute approximate surface area is 205 Å². The van der Waals surface area contributed by atoms with Crippen LogP contribution in [0.25, 0.3) is 0 Å². The number of alkyl halides is 1. The Morgan fingerprint density at radius 2 is 1.97 bits per heavy atom. The number of aliphatic hydroxyl groups excluding tert-OH is 2. The lowest BCUT2D eigenvalue weighted by Gasteiger charge is -2.61. The SMILES string of the molecule is C[C@@H]1C[C@H](O)[C@@]2(F)C(C)(CCC3=C/C(=N/NC(=O)CN)C=C[C@@]32C)[C@@H]2C[C@@H](C)[C@](O)(C(=O)CO)C12. The monoisotopic (exact) mass is 491 g/mol. The van der Waals surface area contributed by atoms with Gasteiger partial charge in [-0.05, 0) is 62.5 Å². The highest BCUT2D eigenvalue weighted by molar-refractivity contribution is 6.06. The van der Waals surface area contributed by atoms with Crippen LogP contribution in [0.5, 0.6) is 0 Å². The molecule has 4 rings (SSSR count). The minimum Gasteiger partial charge on any atom is -0.390 e. The predicted molar refractivity (Wildman–Crippen MR) is 129 cm³/mol. The van der Waals surface area contributed by atoms with E-state index in [2.05, 4.69) is 10.5 Å². The number of carbonyl (C=O) groups excluding carboxylic acids is 2. The molecule has 0 aromatic heterocycles. The average molecular weight is 492 g/mol. The van der Waals surface area contributed by atoms with Crippen LogP contribution in [0.2, 0.25) is 0 Å². The van der Waals surface area contributed by atoms with E-state index < -0.39 is 58.3 Å². The zero-order valence-corrected chi connectivity index (χ0v) is 20.9. The van der Waals surface area contributed by atoms with Gasteiger partial charge in [-0.25, -0.2) is 9.82 Å². The minimum absolute atomic E-state index is 0.0885. The van der Waals surface area contributed by atoms with E-state index in [9.17, 15) is 24.9 Å². The predicted octanol–water partition coefficient (Wildman–Crippen LogP) is 1.39. The number of allylic oxidation sites excluding steroid dienone is 4. The van der Waals surface area contributed by atoms with Crippen molar-refractivity contribution >= 4 is 17.4 Å². The number of rotatable bonds is 4. The van der Waals surface area contributed by atoms with E-state index in [1.54, 1.807) is 32.1 Å². The van der Waals surface area contributed by atoms with Gasteiger partial charge in [-0.2, -0.15) is 5.10 Å². The van der Waals surface area contributed by atoms with Gasteiger partial charge in [0.2, 0.25) is 0 Å². The van der Waals surface area contributed by atoms with Gasteiger partial charge in [0, 0.05) is 16.7 Å². The molecule has 0 heterocycles. The number of hydrazone groups is 1. The molecule has 9 heteroatoms. The van der Waals surface area contributed by atoms with Crippen molar-refractivity contribution in [2.24, 2.45) is 45.3 Å². The van der Waals surface area contributed by atoms with E-state index >= 15 is 4.39 Å². The number of nitrogens with two attached hydrogens (primary N) is 1. The van der Waals surface area contributed by atoms with Crippen LogP contribution >= 0.6 is 0 Å². The summed E-state index contributed by atoms with van der Waals surface area (Å²) in [5, 5.41) is 36.9. The van der Waals surface area contributed by atoms with Crippen molar-refractivity contribution in [2.75, 3.05) is 13.2 Å². The molecule has 0 aliphatic heterocycles. The van der Waals surface area contributed by atoms with Crippen LogP contribution < -0.4 is 11.2 Å². The van der Waals surface area contributed by atoms with Crippen molar-refractivity contribution in [3.63, 3.8) is 0 Å². The summed E-state index contributed by atoms with van der Waals surface area (Å²) < 4.78 is 17.9. The van der Waals surface area contributed by atoms with Crippen molar-refractivity contribution < 1.29 is 29.3 Å². The summed E-state index contributed by atoms with van der Waals surface area (Å²) in [5.41, 5.74) is 2.93. The molecule has 0 bridgehead atoms. The van der Waals surface area contributed by atoms with Crippen LogP contribution in [0.3, 0.4) is 0 Å². The lowest BCUT2D eigenvalue weighted by molar-refractivity contribution is -0.179. The molecule has 2 unspecified atom stereocenters. The molecule has 9 atom stereocenters. The fourth-order valence-corrected chi connectivity index (χ4v) is 8.09. The van der Waals surface area contributed by atoms with Crippen molar-refractivity contribution in [2.45, 2.75) is 70.8 Å². The molecule has 0 spiro atoms. The Morgan fingerprint density at radius 1 is 1.29 bits per heavy atom. The first-order valence-corrected chi connectivity index (χ1v) is 12.5. The molecule has 1 amide bonds. The summed E-state index contributed by atoms with van der Waals surface area (Å²) in [4.78, 5) is 24.3. The van der Waals surface area contributed by atoms with Crippen LogP contribution in [0.15, 0.2) is 28.9 Å². The highest BCUT2D eigenvalue weighted by Gasteiger charge is 2.74. The van der Waals surface area contributed by atoms with Gasteiger partial charge in [-0.3, -0.25) is 9.59 Å². The molecule has 0 aromatic carbocycles. The van der Waals surface area contributed by atoms with E-state index in [1.807, 2.05) is 13.8 Å². The first-order chi connectivity index (χ1) is 16.3. The number of halogens is 1. The van der Waals surface area contributed by atoms with Gasteiger partial charge in [-0.15, -0.1) is 0 Å². The molecule has 3 saturated carbocycles. The summed E-state index contributed by atoms with van der Waals surface area (Å²) >= 11 is 0. The molecule has 3 fully saturated rings. The largest absolute Gasteiger partial charge is 0.390 e. The molecule has 0 aromatic rings. The number of nitrogens with zero attached hydrogens (tertiary/aromatic N) is 1.